The highest BCUT2D eigenvalue weighted by molar-refractivity contribution is 5.75. The maximum atomic E-state index is 4.77. The number of hydrogen-bond acceptors (Lipinski definition) is 2. The van der Waals surface area contributed by atoms with Gasteiger partial charge in [0, 0.05) is 19.0 Å². The van der Waals surface area contributed by atoms with E-state index in [2.05, 4.69) is 55.0 Å². The Morgan fingerprint density at radius 1 is 1.26 bits per heavy atom. The van der Waals surface area contributed by atoms with Crippen LogP contribution in [0.3, 0.4) is 0 Å². The molecule has 2 rings (SSSR count). The van der Waals surface area contributed by atoms with Crippen LogP contribution in [0.1, 0.15) is 38.9 Å². The molecule has 3 heteroatoms. The van der Waals surface area contributed by atoms with Crippen molar-refractivity contribution in [3.63, 3.8) is 0 Å². The largest absolute Gasteiger partial charge is 0.328 e. The fraction of sp³-hybridized carbons (Fsp3) is 0.562. The number of nitrogens with zero attached hydrogens (tertiary/aromatic N) is 2. The van der Waals surface area contributed by atoms with Crippen molar-refractivity contribution < 1.29 is 0 Å². The molecule has 0 amide bonds. The smallest absolute Gasteiger partial charge is 0.109 e. The fourth-order valence-corrected chi connectivity index (χ4v) is 2.73. The highest BCUT2D eigenvalue weighted by Gasteiger charge is 2.09. The molecule has 19 heavy (non-hydrogen) atoms. The SMILES string of the molecule is CCC(CCCc1nc2ccccc2n1CC)NC. The van der Waals surface area contributed by atoms with Gasteiger partial charge in [-0.25, -0.2) is 4.98 Å². The van der Waals surface area contributed by atoms with E-state index in [4.69, 9.17) is 4.98 Å². The van der Waals surface area contributed by atoms with Crippen LogP contribution < -0.4 is 5.32 Å². The second-order valence-electron chi connectivity index (χ2n) is 5.05. The van der Waals surface area contributed by atoms with Crippen LogP contribution in [0.5, 0.6) is 0 Å². The van der Waals surface area contributed by atoms with E-state index in [9.17, 15) is 0 Å². The van der Waals surface area contributed by atoms with Crippen LogP contribution in [0, 0.1) is 0 Å². The molecule has 1 aromatic heterocycles. The Hall–Kier alpha value is -1.35. The molecule has 0 aliphatic carbocycles. The van der Waals surface area contributed by atoms with E-state index in [-0.39, 0.29) is 0 Å². The number of benzene rings is 1. The molecule has 2 aromatic rings. The van der Waals surface area contributed by atoms with Crippen molar-refractivity contribution in [2.45, 2.75) is 52.1 Å². The summed E-state index contributed by atoms with van der Waals surface area (Å²) in [5.41, 5.74) is 2.39. The molecule has 1 heterocycles. The highest BCUT2D eigenvalue weighted by Crippen LogP contribution is 2.17. The van der Waals surface area contributed by atoms with E-state index in [0.29, 0.717) is 6.04 Å². The van der Waals surface area contributed by atoms with Gasteiger partial charge < -0.3 is 9.88 Å². The maximum absolute atomic E-state index is 4.77. The summed E-state index contributed by atoms with van der Waals surface area (Å²) in [6.07, 6.45) is 4.68. The average Bonchev–Trinajstić information content (AvgIpc) is 2.81. The number of hydrogen-bond donors (Lipinski definition) is 1. The maximum Gasteiger partial charge on any atom is 0.109 e. The van der Waals surface area contributed by atoms with Gasteiger partial charge in [0.1, 0.15) is 5.82 Å². The number of para-hydroxylation sites is 2. The minimum Gasteiger partial charge on any atom is -0.328 e. The van der Waals surface area contributed by atoms with Crippen LogP contribution in [-0.2, 0) is 13.0 Å². The van der Waals surface area contributed by atoms with Crippen molar-refractivity contribution in [1.82, 2.24) is 14.9 Å². The van der Waals surface area contributed by atoms with Gasteiger partial charge in [-0.2, -0.15) is 0 Å². The number of fused-ring (bicyclic) bond motifs is 1. The molecule has 1 N–H and O–H groups in total. The molecule has 1 unspecified atom stereocenters. The molecule has 0 bridgehead atoms. The van der Waals surface area contributed by atoms with Crippen molar-refractivity contribution in [2.75, 3.05) is 7.05 Å². The van der Waals surface area contributed by atoms with Gasteiger partial charge in [-0.15, -0.1) is 0 Å². The number of nitrogens with one attached hydrogen (secondary N) is 1. The number of imidazole rings is 1. The van der Waals surface area contributed by atoms with Crippen LogP contribution in [-0.4, -0.2) is 22.6 Å². The lowest BCUT2D eigenvalue weighted by Gasteiger charge is -2.13. The van der Waals surface area contributed by atoms with Crippen molar-refractivity contribution >= 4 is 11.0 Å². The predicted octanol–water partition coefficient (Wildman–Crippen LogP) is 3.38. The second kappa shape index (κ2) is 6.71. The molecule has 3 nitrogen and oxygen atoms in total. The zero-order chi connectivity index (χ0) is 13.7. The summed E-state index contributed by atoms with van der Waals surface area (Å²) in [6, 6.07) is 9.06. The fourth-order valence-electron chi connectivity index (χ4n) is 2.73. The quantitative estimate of drug-likeness (QED) is 0.826. The van der Waals surface area contributed by atoms with E-state index in [1.165, 1.54) is 30.6 Å². The third kappa shape index (κ3) is 3.16. The molecule has 1 atom stereocenters. The van der Waals surface area contributed by atoms with E-state index in [1.54, 1.807) is 0 Å². The van der Waals surface area contributed by atoms with Gasteiger partial charge in [0.25, 0.3) is 0 Å². The topological polar surface area (TPSA) is 29.9 Å². The minimum absolute atomic E-state index is 0.638. The summed E-state index contributed by atoms with van der Waals surface area (Å²) >= 11 is 0. The summed E-state index contributed by atoms with van der Waals surface area (Å²) in [4.78, 5) is 4.77. The van der Waals surface area contributed by atoms with E-state index < -0.39 is 0 Å². The lowest BCUT2D eigenvalue weighted by molar-refractivity contribution is 0.486. The monoisotopic (exact) mass is 259 g/mol. The molecule has 0 radical (unpaired) electrons. The first-order valence-corrected chi connectivity index (χ1v) is 7.41. The van der Waals surface area contributed by atoms with Gasteiger partial charge in [0.15, 0.2) is 0 Å². The molecule has 0 aliphatic rings. The molecule has 0 fully saturated rings. The summed E-state index contributed by atoms with van der Waals surface area (Å²) in [5.74, 6) is 1.23. The molecule has 0 aliphatic heterocycles. The van der Waals surface area contributed by atoms with Crippen molar-refractivity contribution in [3.05, 3.63) is 30.1 Å². The first-order valence-electron chi connectivity index (χ1n) is 7.41. The Morgan fingerprint density at radius 3 is 2.74 bits per heavy atom. The van der Waals surface area contributed by atoms with Gasteiger partial charge in [-0.05, 0) is 45.4 Å². The first-order chi connectivity index (χ1) is 9.30. The summed E-state index contributed by atoms with van der Waals surface area (Å²) < 4.78 is 2.34. The Labute approximate surface area is 116 Å². The second-order valence-corrected chi connectivity index (χ2v) is 5.05. The van der Waals surface area contributed by atoms with Crippen LogP contribution in [0.4, 0.5) is 0 Å². The van der Waals surface area contributed by atoms with Crippen LogP contribution >= 0.6 is 0 Å². The molecule has 104 valence electrons. The Morgan fingerprint density at radius 2 is 2.05 bits per heavy atom. The molecule has 0 spiro atoms. The number of aryl methyl sites for hydroxylation is 2. The third-order valence-electron chi connectivity index (χ3n) is 3.90. The lowest BCUT2D eigenvalue weighted by atomic mass is 10.1. The van der Waals surface area contributed by atoms with Crippen molar-refractivity contribution in [1.29, 1.82) is 0 Å². The zero-order valence-corrected chi connectivity index (χ0v) is 12.3. The molecule has 0 saturated heterocycles. The molecular weight excluding hydrogens is 234 g/mol. The van der Waals surface area contributed by atoms with Crippen LogP contribution in [0.2, 0.25) is 0 Å². The Balaban J connectivity index is 2.08. The Bertz CT molecular complexity index is 512. The minimum atomic E-state index is 0.638. The molecule has 1 aromatic carbocycles. The van der Waals surface area contributed by atoms with Crippen LogP contribution in [0.15, 0.2) is 24.3 Å². The normalized spacial score (nSPS) is 13.0. The van der Waals surface area contributed by atoms with Gasteiger partial charge in [0.2, 0.25) is 0 Å². The average molecular weight is 259 g/mol. The van der Waals surface area contributed by atoms with E-state index in [1.807, 2.05) is 0 Å². The van der Waals surface area contributed by atoms with Crippen molar-refractivity contribution in [3.8, 4) is 0 Å². The zero-order valence-electron chi connectivity index (χ0n) is 12.3. The standard InChI is InChI=1S/C16H25N3/c1-4-13(17-3)9-8-12-16-18-14-10-6-7-11-15(14)19(16)5-2/h6-7,10-11,13,17H,4-5,8-9,12H2,1-3H3. The number of rotatable bonds is 7. The van der Waals surface area contributed by atoms with Gasteiger partial charge in [-0.1, -0.05) is 19.1 Å². The van der Waals surface area contributed by atoms with E-state index in [0.717, 1.165) is 18.5 Å². The number of aromatic nitrogens is 2. The summed E-state index contributed by atoms with van der Waals surface area (Å²) in [5, 5.41) is 3.37. The van der Waals surface area contributed by atoms with Crippen LogP contribution in [0.25, 0.3) is 11.0 Å². The van der Waals surface area contributed by atoms with Gasteiger partial charge in [-0.3, -0.25) is 0 Å². The highest BCUT2D eigenvalue weighted by atomic mass is 15.1. The first kappa shape index (κ1) is 14.1. The Kier molecular flexibility index (Phi) is 4.97. The molecular formula is C16H25N3. The summed E-state index contributed by atoms with van der Waals surface area (Å²) in [6.45, 7) is 5.43. The van der Waals surface area contributed by atoms with Gasteiger partial charge >= 0.3 is 0 Å². The molecule has 0 saturated carbocycles. The summed E-state index contributed by atoms with van der Waals surface area (Å²) in [7, 11) is 2.05. The third-order valence-corrected chi connectivity index (χ3v) is 3.90. The predicted molar refractivity (Wildman–Crippen MR) is 81.5 cm³/mol. The van der Waals surface area contributed by atoms with E-state index >= 15 is 0 Å². The van der Waals surface area contributed by atoms with Crippen molar-refractivity contribution in [2.24, 2.45) is 0 Å². The van der Waals surface area contributed by atoms with Gasteiger partial charge in [0.05, 0.1) is 11.0 Å². The lowest BCUT2D eigenvalue weighted by Crippen LogP contribution is -2.24.